The van der Waals surface area contributed by atoms with Crippen LogP contribution < -0.4 is 5.32 Å². The maximum atomic E-state index is 5.41. The summed E-state index contributed by atoms with van der Waals surface area (Å²) in [7, 11) is 0. The molecule has 1 aliphatic rings. The largest absolute Gasteiger partial charge is 0.336 e. The highest BCUT2D eigenvalue weighted by molar-refractivity contribution is 5.55. The molecule has 1 fully saturated rings. The number of nitrogens with two attached hydrogens (primary N) is 1. The molecule has 1 unspecified atom stereocenters. The quantitative estimate of drug-likeness (QED) is 0.877. The number of hydrogen-bond donors (Lipinski definition) is 1. The van der Waals surface area contributed by atoms with Crippen molar-refractivity contribution in [2.24, 2.45) is 0 Å². The zero-order valence-electron chi connectivity index (χ0n) is 10.6. The van der Waals surface area contributed by atoms with Crippen molar-refractivity contribution in [1.82, 2.24) is 10.1 Å². The van der Waals surface area contributed by atoms with Crippen molar-refractivity contribution >= 4 is 0 Å². The Morgan fingerprint density at radius 2 is 2.28 bits per heavy atom. The first-order chi connectivity index (χ1) is 8.83. The average Bonchev–Trinajstić information content (AvgIpc) is 2.89. The molecular weight excluding hydrogens is 226 g/mol. The van der Waals surface area contributed by atoms with Crippen LogP contribution in [0.3, 0.4) is 0 Å². The highest BCUT2D eigenvalue weighted by atomic mass is 16.5. The topological polar surface area (TPSA) is 55.5 Å². The molecule has 3 rings (SSSR count). The normalized spacial score (nSPS) is 19.9. The molecule has 1 atom stereocenters. The second kappa shape index (κ2) is 4.90. The van der Waals surface area contributed by atoms with Gasteiger partial charge in [0.15, 0.2) is 6.04 Å². The minimum atomic E-state index is 0.352. The predicted molar refractivity (Wildman–Crippen MR) is 67.9 cm³/mol. The van der Waals surface area contributed by atoms with Crippen molar-refractivity contribution in [3.8, 4) is 11.4 Å². The second-order valence-corrected chi connectivity index (χ2v) is 4.95. The van der Waals surface area contributed by atoms with E-state index >= 15 is 0 Å². The fourth-order valence-corrected chi connectivity index (χ4v) is 2.46. The molecule has 0 radical (unpaired) electrons. The lowest BCUT2D eigenvalue weighted by atomic mass is 10.1. The van der Waals surface area contributed by atoms with Gasteiger partial charge in [-0.25, -0.2) is 0 Å². The maximum absolute atomic E-state index is 5.41. The number of quaternary nitrogens is 1. The SMILES string of the molecule is Cc1cccc(-c2noc(C3CCCC[NH2+]3)n2)c1. The van der Waals surface area contributed by atoms with E-state index in [1.165, 1.54) is 18.4 Å². The lowest BCUT2D eigenvalue weighted by molar-refractivity contribution is -0.706. The molecule has 94 valence electrons. The third-order valence-corrected chi connectivity index (χ3v) is 3.46. The Morgan fingerprint density at radius 1 is 1.33 bits per heavy atom. The van der Waals surface area contributed by atoms with Crippen LogP contribution >= 0.6 is 0 Å². The van der Waals surface area contributed by atoms with Gasteiger partial charge in [0.2, 0.25) is 5.82 Å². The molecule has 0 spiro atoms. The Morgan fingerprint density at radius 3 is 3.06 bits per heavy atom. The first-order valence-electron chi connectivity index (χ1n) is 6.57. The molecule has 0 saturated carbocycles. The van der Waals surface area contributed by atoms with Gasteiger partial charge in [-0.3, -0.25) is 0 Å². The van der Waals surface area contributed by atoms with E-state index in [1.54, 1.807) is 0 Å². The molecule has 0 aliphatic carbocycles. The van der Waals surface area contributed by atoms with Gasteiger partial charge < -0.3 is 9.84 Å². The summed E-state index contributed by atoms with van der Waals surface area (Å²) in [6, 6.07) is 8.54. The molecule has 4 heteroatoms. The molecule has 1 aromatic heterocycles. The predicted octanol–water partition coefficient (Wildman–Crippen LogP) is 1.83. The molecule has 1 saturated heterocycles. The Balaban J connectivity index is 1.84. The molecule has 2 aromatic rings. The lowest BCUT2D eigenvalue weighted by Crippen LogP contribution is -2.86. The number of aryl methyl sites for hydroxylation is 1. The molecular formula is C14H18N3O+. The summed E-state index contributed by atoms with van der Waals surface area (Å²) in [6.07, 6.45) is 3.67. The molecule has 2 N–H and O–H groups in total. The Hall–Kier alpha value is -1.68. The molecule has 0 bridgehead atoms. The smallest absolute Gasteiger partial charge is 0.285 e. The van der Waals surface area contributed by atoms with Crippen LogP contribution in [-0.2, 0) is 0 Å². The van der Waals surface area contributed by atoms with Crippen LogP contribution in [0.2, 0.25) is 0 Å². The number of hydrogen-bond acceptors (Lipinski definition) is 3. The van der Waals surface area contributed by atoms with E-state index in [-0.39, 0.29) is 0 Å². The molecule has 2 heterocycles. The van der Waals surface area contributed by atoms with Crippen molar-refractivity contribution in [3.63, 3.8) is 0 Å². The van der Waals surface area contributed by atoms with Gasteiger partial charge in [-0.15, -0.1) is 0 Å². The first kappa shape index (κ1) is 11.4. The number of aromatic nitrogens is 2. The van der Waals surface area contributed by atoms with Gasteiger partial charge in [0.05, 0.1) is 6.54 Å². The zero-order valence-corrected chi connectivity index (χ0v) is 10.6. The van der Waals surface area contributed by atoms with Crippen LogP contribution in [0.25, 0.3) is 11.4 Å². The van der Waals surface area contributed by atoms with Crippen LogP contribution in [0, 0.1) is 6.92 Å². The molecule has 0 amide bonds. The van der Waals surface area contributed by atoms with Crippen LogP contribution in [0.1, 0.15) is 36.8 Å². The maximum Gasteiger partial charge on any atom is 0.285 e. The van der Waals surface area contributed by atoms with E-state index in [4.69, 9.17) is 4.52 Å². The lowest BCUT2D eigenvalue weighted by Gasteiger charge is -2.15. The highest BCUT2D eigenvalue weighted by Crippen LogP contribution is 2.21. The monoisotopic (exact) mass is 244 g/mol. The fourth-order valence-electron chi connectivity index (χ4n) is 2.46. The van der Waals surface area contributed by atoms with Gasteiger partial charge in [0, 0.05) is 12.0 Å². The van der Waals surface area contributed by atoms with Crippen molar-refractivity contribution in [1.29, 1.82) is 0 Å². The van der Waals surface area contributed by atoms with E-state index < -0.39 is 0 Å². The number of nitrogens with zero attached hydrogens (tertiary/aromatic N) is 2. The number of rotatable bonds is 2. The third-order valence-electron chi connectivity index (χ3n) is 3.46. The summed E-state index contributed by atoms with van der Waals surface area (Å²) in [5.74, 6) is 1.47. The van der Waals surface area contributed by atoms with Gasteiger partial charge in [-0.1, -0.05) is 28.9 Å². The van der Waals surface area contributed by atoms with E-state index in [0.29, 0.717) is 11.9 Å². The summed E-state index contributed by atoms with van der Waals surface area (Å²) < 4.78 is 5.41. The minimum Gasteiger partial charge on any atom is -0.336 e. The third kappa shape index (κ3) is 2.29. The molecule has 1 aromatic carbocycles. The Kier molecular flexibility index (Phi) is 3.11. The zero-order chi connectivity index (χ0) is 12.4. The van der Waals surface area contributed by atoms with Crippen LogP contribution in [0.15, 0.2) is 28.8 Å². The molecule has 4 nitrogen and oxygen atoms in total. The van der Waals surface area contributed by atoms with Gasteiger partial charge in [-0.2, -0.15) is 4.98 Å². The van der Waals surface area contributed by atoms with E-state index in [0.717, 1.165) is 24.4 Å². The van der Waals surface area contributed by atoms with E-state index in [9.17, 15) is 0 Å². The summed E-state index contributed by atoms with van der Waals surface area (Å²) in [5, 5.41) is 6.40. The Bertz CT molecular complexity index is 529. The van der Waals surface area contributed by atoms with E-state index in [2.05, 4.69) is 34.5 Å². The number of benzene rings is 1. The van der Waals surface area contributed by atoms with Gasteiger partial charge >= 0.3 is 0 Å². The minimum absolute atomic E-state index is 0.352. The second-order valence-electron chi connectivity index (χ2n) is 4.95. The summed E-state index contributed by atoms with van der Waals surface area (Å²) in [6.45, 7) is 3.23. The van der Waals surface area contributed by atoms with Crippen LogP contribution in [-0.4, -0.2) is 16.7 Å². The fraction of sp³-hybridized carbons (Fsp3) is 0.429. The molecule has 18 heavy (non-hydrogen) atoms. The van der Waals surface area contributed by atoms with Gasteiger partial charge in [0.1, 0.15) is 0 Å². The Labute approximate surface area is 106 Å². The summed E-state index contributed by atoms with van der Waals surface area (Å²) in [5.41, 5.74) is 2.24. The van der Waals surface area contributed by atoms with Crippen molar-refractivity contribution in [3.05, 3.63) is 35.7 Å². The van der Waals surface area contributed by atoms with E-state index in [1.807, 2.05) is 12.1 Å². The highest BCUT2D eigenvalue weighted by Gasteiger charge is 2.24. The standard InChI is InChI=1S/C14H17N3O/c1-10-5-4-6-11(9-10)13-16-14(18-17-13)12-7-2-3-8-15-12/h4-6,9,12,15H,2-3,7-8H2,1H3/p+1. The van der Waals surface area contributed by atoms with Crippen molar-refractivity contribution in [2.75, 3.05) is 6.54 Å². The summed E-state index contributed by atoms with van der Waals surface area (Å²) >= 11 is 0. The number of piperidine rings is 1. The molecule has 1 aliphatic heterocycles. The van der Waals surface area contributed by atoms with Crippen LogP contribution in [0.4, 0.5) is 0 Å². The van der Waals surface area contributed by atoms with Crippen LogP contribution in [0.5, 0.6) is 0 Å². The van der Waals surface area contributed by atoms with Crippen molar-refractivity contribution < 1.29 is 9.84 Å². The van der Waals surface area contributed by atoms with Gasteiger partial charge in [-0.05, 0) is 25.8 Å². The average molecular weight is 244 g/mol. The first-order valence-corrected chi connectivity index (χ1v) is 6.57. The van der Waals surface area contributed by atoms with Gasteiger partial charge in [0.25, 0.3) is 5.89 Å². The summed E-state index contributed by atoms with van der Waals surface area (Å²) in [4.78, 5) is 4.54. The van der Waals surface area contributed by atoms with Crippen molar-refractivity contribution in [2.45, 2.75) is 32.2 Å².